The van der Waals surface area contributed by atoms with Gasteiger partial charge in [-0.1, -0.05) is 24.3 Å². The lowest BCUT2D eigenvalue weighted by molar-refractivity contribution is -0.138. The van der Waals surface area contributed by atoms with E-state index in [0.717, 1.165) is 5.56 Å². The van der Waals surface area contributed by atoms with Crippen LogP contribution in [0.4, 0.5) is 4.39 Å². The minimum atomic E-state index is -0.568. The second kappa shape index (κ2) is 9.13. The van der Waals surface area contributed by atoms with Gasteiger partial charge in [0, 0.05) is 32.7 Å². The van der Waals surface area contributed by atoms with E-state index in [2.05, 4.69) is 18.5 Å². The summed E-state index contributed by atoms with van der Waals surface area (Å²) in [5.74, 6) is -0.617. The summed E-state index contributed by atoms with van der Waals surface area (Å²) in [5.41, 5.74) is 0.779. The van der Waals surface area contributed by atoms with Gasteiger partial charge < -0.3 is 10.2 Å². The maximum absolute atomic E-state index is 13.4. The molecule has 134 valence electrons. The van der Waals surface area contributed by atoms with Crippen molar-refractivity contribution in [3.8, 4) is 0 Å². The fourth-order valence-electron chi connectivity index (χ4n) is 2.93. The minimum absolute atomic E-state index is 0.0723. The Morgan fingerprint density at radius 1 is 1.36 bits per heavy atom. The van der Waals surface area contributed by atoms with Gasteiger partial charge in [0.1, 0.15) is 5.82 Å². The Balaban J connectivity index is 2.10. The van der Waals surface area contributed by atoms with E-state index in [1.54, 1.807) is 23.1 Å². The summed E-state index contributed by atoms with van der Waals surface area (Å²) in [6.07, 6.45) is 3.36. The van der Waals surface area contributed by atoms with Gasteiger partial charge in [-0.15, -0.1) is 13.2 Å². The van der Waals surface area contributed by atoms with Crippen molar-refractivity contribution in [3.63, 3.8) is 0 Å². The number of nitrogens with zero attached hydrogens (tertiary/aromatic N) is 2. The molecule has 1 aromatic carbocycles. The van der Waals surface area contributed by atoms with Crippen molar-refractivity contribution < 1.29 is 14.0 Å². The first-order chi connectivity index (χ1) is 12.0. The monoisotopic (exact) mass is 345 g/mol. The van der Waals surface area contributed by atoms with Crippen LogP contribution in [-0.2, 0) is 16.1 Å². The van der Waals surface area contributed by atoms with E-state index < -0.39 is 6.04 Å². The molecule has 1 aromatic rings. The minimum Gasteiger partial charge on any atom is -0.353 e. The highest BCUT2D eigenvalue weighted by atomic mass is 19.1. The highest BCUT2D eigenvalue weighted by Crippen LogP contribution is 2.16. The van der Waals surface area contributed by atoms with Gasteiger partial charge in [-0.3, -0.25) is 14.5 Å². The van der Waals surface area contributed by atoms with Crippen molar-refractivity contribution in [2.75, 3.05) is 26.2 Å². The first kappa shape index (κ1) is 18.9. The second-order valence-corrected chi connectivity index (χ2v) is 5.99. The first-order valence-electron chi connectivity index (χ1n) is 8.31. The van der Waals surface area contributed by atoms with Gasteiger partial charge in [-0.25, -0.2) is 4.39 Å². The molecule has 6 heteroatoms. The topological polar surface area (TPSA) is 52.7 Å². The molecule has 25 heavy (non-hydrogen) atoms. The van der Waals surface area contributed by atoms with Gasteiger partial charge in [0.05, 0.1) is 12.5 Å². The van der Waals surface area contributed by atoms with Crippen molar-refractivity contribution in [2.45, 2.75) is 19.0 Å². The lowest BCUT2D eigenvalue weighted by Gasteiger charge is -2.35. The maximum atomic E-state index is 13.4. The van der Waals surface area contributed by atoms with Crippen molar-refractivity contribution in [1.29, 1.82) is 0 Å². The Morgan fingerprint density at radius 3 is 2.72 bits per heavy atom. The molecule has 1 heterocycles. The Bertz CT molecular complexity index is 637. The van der Waals surface area contributed by atoms with Crippen molar-refractivity contribution >= 4 is 11.8 Å². The fourth-order valence-corrected chi connectivity index (χ4v) is 2.93. The number of nitrogens with one attached hydrogen (secondary N) is 1. The highest BCUT2D eigenvalue weighted by molar-refractivity contribution is 5.89. The molecule has 0 spiro atoms. The van der Waals surface area contributed by atoms with E-state index in [4.69, 9.17) is 0 Å². The Hall–Kier alpha value is -2.47. The van der Waals surface area contributed by atoms with Crippen LogP contribution in [0.5, 0.6) is 0 Å². The molecule has 0 bridgehead atoms. The average Bonchev–Trinajstić information content (AvgIpc) is 2.57. The smallest absolute Gasteiger partial charge is 0.237 e. The SMILES string of the molecule is C=CCN(CC=C)C(=O)C[C@@H]1C(=O)NCCN1Cc1cccc(F)c1. The van der Waals surface area contributed by atoms with Gasteiger partial charge in [-0.05, 0) is 17.7 Å². The van der Waals surface area contributed by atoms with Gasteiger partial charge >= 0.3 is 0 Å². The van der Waals surface area contributed by atoms with Gasteiger partial charge in [0.25, 0.3) is 0 Å². The molecule has 1 fully saturated rings. The summed E-state index contributed by atoms with van der Waals surface area (Å²) in [7, 11) is 0. The van der Waals surface area contributed by atoms with E-state index in [0.29, 0.717) is 32.7 Å². The molecule has 0 aromatic heterocycles. The summed E-state index contributed by atoms with van der Waals surface area (Å²) in [6, 6.07) is 5.73. The Morgan fingerprint density at radius 2 is 2.08 bits per heavy atom. The Kier molecular flexibility index (Phi) is 6.89. The van der Waals surface area contributed by atoms with Crippen LogP contribution in [0.25, 0.3) is 0 Å². The van der Waals surface area contributed by atoms with Crippen LogP contribution in [0.15, 0.2) is 49.6 Å². The Labute approximate surface area is 147 Å². The highest BCUT2D eigenvalue weighted by Gasteiger charge is 2.32. The number of piperazine rings is 1. The molecule has 1 atom stereocenters. The standard InChI is InChI=1S/C19H24FN3O2/c1-3-9-22(10-4-2)18(24)13-17-19(25)21-8-11-23(17)14-15-6-5-7-16(20)12-15/h3-7,12,17H,1-2,8-11,13-14H2,(H,21,25)/t17-/m1/s1. The third-order valence-electron chi connectivity index (χ3n) is 4.14. The molecule has 0 unspecified atom stereocenters. The van der Waals surface area contributed by atoms with Crippen LogP contribution < -0.4 is 5.32 Å². The van der Waals surface area contributed by atoms with Crippen molar-refractivity contribution in [2.24, 2.45) is 0 Å². The number of benzene rings is 1. The molecule has 2 rings (SSSR count). The maximum Gasteiger partial charge on any atom is 0.237 e. The van der Waals surface area contributed by atoms with Crippen LogP contribution in [-0.4, -0.2) is 53.8 Å². The zero-order valence-corrected chi connectivity index (χ0v) is 14.3. The summed E-state index contributed by atoms with van der Waals surface area (Å²) in [5, 5.41) is 2.80. The summed E-state index contributed by atoms with van der Waals surface area (Å²) >= 11 is 0. The van der Waals surface area contributed by atoms with E-state index in [-0.39, 0.29) is 24.1 Å². The molecule has 1 N–H and O–H groups in total. The van der Waals surface area contributed by atoms with Crippen molar-refractivity contribution in [1.82, 2.24) is 15.1 Å². The number of hydrogen-bond acceptors (Lipinski definition) is 3. The summed E-state index contributed by atoms with van der Waals surface area (Å²) in [4.78, 5) is 28.4. The molecular weight excluding hydrogens is 321 g/mol. The molecule has 0 radical (unpaired) electrons. The van der Waals surface area contributed by atoms with Crippen LogP contribution in [0, 0.1) is 5.82 Å². The lowest BCUT2D eigenvalue weighted by atomic mass is 10.1. The van der Waals surface area contributed by atoms with Crippen LogP contribution in [0.3, 0.4) is 0 Å². The van der Waals surface area contributed by atoms with E-state index in [1.165, 1.54) is 12.1 Å². The normalized spacial score (nSPS) is 17.6. The van der Waals surface area contributed by atoms with E-state index in [9.17, 15) is 14.0 Å². The summed E-state index contributed by atoms with van der Waals surface area (Å²) in [6.45, 7) is 9.67. The van der Waals surface area contributed by atoms with Crippen LogP contribution in [0.1, 0.15) is 12.0 Å². The number of carbonyl (C=O) groups is 2. The molecule has 5 nitrogen and oxygen atoms in total. The third-order valence-corrected chi connectivity index (χ3v) is 4.14. The van der Waals surface area contributed by atoms with Gasteiger partial charge in [-0.2, -0.15) is 0 Å². The zero-order valence-electron chi connectivity index (χ0n) is 14.3. The fraction of sp³-hybridized carbons (Fsp3) is 0.368. The number of carbonyl (C=O) groups excluding carboxylic acids is 2. The number of hydrogen-bond donors (Lipinski definition) is 1. The number of amides is 2. The molecule has 2 amide bonds. The number of rotatable bonds is 8. The molecule has 1 saturated heterocycles. The molecule has 0 saturated carbocycles. The summed E-state index contributed by atoms with van der Waals surface area (Å²) < 4.78 is 13.4. The molecule has 0 aliphatic carbocycles. The first-order valence-corrected chi connectivity index (χ1v) is 8.31. The molecular formula is C19H24FN3O2. The average molecular weight is 345 g/mol. The van der Waals surface area contributed by atoms with Crippen LogP contribution in [0.2, 0.25) is 0 Å². The predicted octanol–water partition coefficient (Wildman–Crippen LogP) is 1.72. The van der Waals surface area contributed by atoms with Gasteiger partial charge in [0.2, 0.25) is 11.8 Å². The third kappa shape index (κ3) is 5.26. The lowest BCUT2D eigenvalue weighted by Crippen LogP contribution is -2.56. The largest absolute Gasteiger partial charge is 0.353 e. The number of halogens is 1. The van der Waals surface area contributed by atoms with Crippen molar-refractivity contribution in [3.05, 3.63) is 61.0 Å². The van der Waals surface area contributed by atoms with Crippen LogP contribution >= 0.6 is 0 Å². The zero-order chi connectivity index (χ0) is 18.2. The van der Waals surface area contributed by atoms with Gasteiger partial charge in [0.15, 0.2) is 0 Å². The second-order valence-electron chi connectivity index (χ2n) is 5.99. The quantitative estimate of drug-likeness (QED) is 0.730. The molecule has 1 aliphatic heterocycles. The van der Waals surface area contributed by atoms with E-state index in [1.807, 2.05) is 11.0 Å². The predicted molar refractivity (Wildman–Crippen MR) is 95.2 cm³/mol. The molecule has 1 aliphatic rings. The van der Waals surface area contributed by atoms with E-state index >= 15 is 0 Å².